The molecule has 0 atom stereocenters. The van der Waals surface area contributed by atoms with E-state index in [2.05, 4.69) is 4.98 Å². The van der Waals surface area contributed by atoms with Crippen LogP contribution in [0.25, 0.3) is 0 Å². The van der Waals surface area contributed by atoms with Gasteiger partial charge in [0.1, 0.15) is 5.75 Å². The lowest BCUT2D eigenvalue weighted by atomic mass is 10.3. The number of sulfone groups is 1. The molecular formula is C13H14N2O3S. The topological polar surface area (TPSA) is 82.3 Å². The second-order valence-electron chi connectivity index (χ2n) is 3.87. The summed E-state index contributed by atoms with van der Waals surface area (Å²) in [4.78, 5) is 4.28. The molecule has 0 bridgehead atoms. The molecule has 0 amide bonds. The molecule has 0 aliphatic rings. The van der Waals surface area contributed by atoms with E-state index in [4.69, 9.17) is 10.5 Å². The Morgan fingerprint density at radius 2 is 1.89 bits per heavy atom. The molecule has 0 saturated carbocycles. The SMILES string of the molecule is COc1ccc(S(=O)(=O)c2ccncc2CN)cc1. The third kappa shape index (κ3) is 2.59. The molecule has 0 fully saturated rings. The van der Waals surface area contributed by atoms with E-state index >= 15 is 0 Å². The van der Waals surface area contributed by atoms with Gasteiger partial charge in [0, 0.05) is 24.5 Å². The van der Waals surface area contributed by atoms with Gasteiger partial charge in [-0.25, -0.2) is 8.42 Å². The second kappa shape index (κ2) is 5.38. The number of ether oxygens (including phenoxy) is 1. The lowest BCUT2D eigenvalue weighted by Gasteiger charge is -2.09. The van der Waals surface area contributed by atoms with Crippen molar-refractivity contribution in [3.05, 3.63) is 48.3 Å². The van der Waals surface area contributed by atoms with E-state index in [0.29, 0.717) is 11.3 Å². The van der Waals surface area contributed by atoms with Crippen LogP contribution in [0.4, 0.5) is 0 Å². The lowest BCUT2D eigenvalue weighted by molar-refractivity contribution is 0.414. The van der Waals surface area contributed by atoms with Gasteiger partial charge in [0.05, 0.1) is 16.9 Å². The van der Waals surface area contributed by atoms with Crippen molar-refractivity contribution in [2.24, 2.45) is 5.73 Å². The average molecular weight is 278 g/mol. The molecule has 100 valence electrons. The van der Waals surface area contributed by atoms with Crippen molar-refractivity contribution in [2.75, 3.05) is 7.11 Å². The molecule has 1 aromatic carbocycles. The first kappa shape index (κ1) is 13.5. The monoisotopic (exact) mass is 278 g/mol. The molecule has 0 radical (unpaired) electrons. The number of nitrogens with zero attached hydrogens (tertiary/aromatic N) is 1. The van der Waals surface area contributed by atoms with Gasteiger partial charge in [-0.3, -0.25) is 4.98 Å². The highest BCUT2D eigenvalue weighted by atomic mass is 32.2. The van der Waals surface area contributed by atoms with Crippen LogP contribution in [0.3, 0.4) is 0 Å². The van der Waals surface area contributed by atoms with E-state index in [9.17, 15) is 8.42 Å². The number of benzene rings is 1. The average Bonchev–Trinajstić information content (AvgIpc) is 2.47. The van der Waals surface area contributed by atoms with Gasteiger partial charge in [-0.1, -0.05) is 0 Å². The summed E-state index contributed by atoms with van der Waals surface area (Å²) < 4.78 is 30.0. The standard InChI is InChI=1S/C13H14N2O3S/c1-18-11-2-4-12(5-3-11)19(16,17)13-6-7-15-9-10(13)8-14/h2-7,9H,8,14H2,1H3. The number of pyridine rings is 1. The normalized spacial score (nSPS) is 11.3. The minimum atomic E-state index is -3.58. The summed E-state index contributed by atoms with van der Waals surface area (Å²) in [6.07, 6.45) is 2.91. The van der Waals surface area contributed by atoms with Crippen molar-refractivity contribution in [3.63, 3.8) is 0 Å². The summed E-state index contributed by atoms with van der Waals surface area (Å²) in [6.45, 7) is 0.124. The van der Waals surface area contributed by atoms with Gasteiger partial charge < -0.3 is 10.5 Å². The molecule has 2 N–H and O–H groups in total. The molecule has 0 aliphatic carbocycles. The minimum absolute atomic E-state index is 0.124. The van der Waals surface area contributed by atoms with Gasteiger partial charge in [-0.2, -0.15) is 0 Å². The first-order valence-corrected chi connectivity index (χ1v) is 7.10. The van der Waals surface area contributed by atoms with Crippen LogP contribution in [0.5, 0.6) is 5.75 Å². The van der Waals surface area contributed by atoms with E-state index in [0.717, 1.165) is 0 Å². The van der Waals surface area contributed by atoms with Crippen LogP contribution < -0.4 is 10.5 Å². The number of nitrogens with two attached hydrogens (primary N) is 1. The maximum atomic E-state index is 12.5. The lowest BCUT2D eigenvalue weighted by Crippen LogP contribution is -2.09. The molecule has 0 saturated heterocycles. The third-order valence-electron chi connectivity index (χ3n) is 2.74. The van der Waals surface area contributed by atoms with Gasteiger partial charge in [-0.05, 0) is 30.3 Å². The van der Waals surface area contributed by atoms with Crippen LogP contribution in [0.2, 0.25) is 0 Å². The van der Waals surface area contributed by atoms with Crippen LogP contribution in [-0.4, -0.2) is 20.5 Å². The third-order valence-corrected chi connectivity index (χ3v) is 4.61. The van der Waals surface area contributed by atoms with Gasteiger partial charge in [0.2, 0.25) is 9.84 Å². The van der Waals surface area contributed by atoms with E-state index in [1.165, 1.54) is 37.7 Å². The van der Waals surface area contributed by atoms with Gasteiger partial charge in [0.15, 0.2) is 0 Å². The maximum Gasteiger partial charge on any atom is 0.207 e. The Morgan fingerprint density at radius 3 is 2.47 bits per heavy atom. The summed E-state index contributed by atoms with van der Waals surface area (Å²) in [6, 6.07) is 7.69. The van der Waals surface area contributed by atoms with E-state index in [-0.39, 0.29) is 16.3 Å². The Labute approximate surface area is 112 Å². The fraction of sp³-hybridized carbons (Fsp3) is 0.154. The zero-order valence-corrected chi connectivity index (χ0v) is 11.2. The second-order valence-corrected chi connectivity index (χ2v) is 5.78. The highest BCUT2D eigenvalue weighted by Gasteiger charge is 2.20. The largest absolute Gasteiger partial charge is 0.497 e. The zero-order valence-electron chi connectivity index (χ0n) is 10.4. The summed E-state index contributed by atoms with van der Waals surface area (Å²) in [5.41, 5.74) is 6.05. The molecule has 2 rings (SSSR count). The van der Waals surface area contributed by atoms with Crippen molar-refractivity contribution in [3.8, 4) is 5.75 Å². The van der Waals surface area contributed by atoms with E-state index in [1.807, 2.05) is 0 Å². The van der Waals surface area contributed by atoms with Crippen molar-refractivity contribution in [2.45, 2.75) is 16.3 Å². The smallest absolute Gasteiger partial charge is 0.207 e. The molecule has 6 heteroatoms. The highest BCUT2D eigenvalue weighted by Crippen LogP contribution is 2.24. The molecular weight excluding hydrogens is 264 g/mol. The van der Waals surface area contributed by atoms with E-state index < -0.39 is 9.84 Å². The van der Waals surface area contributed by atoms with Crippen LogP contribution in [-0.2, 0) is 16.4 Å². The number of hydrogen-bond acceptors (Lipinski definition) is 5. The van der Waals surface area contributed by atoms with Crippen molar-refractivity contribution >= 4 is 9.84 Å². The minimum Gasteiger partial charge on any atom is -0.497 e. The molecule has 2 aromatic rings. The fourth-order valence-electron chi connectivity index (χ4n) is 1.71. The number of methoxy groups -OCH3 is 1. The molecule has 5 nitrogen and oxygen atoms in total. The Kier molecular flexibility index (Phi) is 3.82. The Balaban J connectivity index is 2.52. The van der Waals surface area contributed by atoms with Gasteiger partial charge in [0.25, 0.3) is 0 Å². The molecule has 1 heterocycles. The Bertz CT molecular complexity index is 667. The number of aromatic nitrogens is 1. The predicted molar refractivity (Wildman–Crippen MR) is 70.6 cm³/mol. The maximum absolute atomic E-state index is 12.5. The van der Waals surface area contributed by atoms with Crippen LogP contribution >= 0.6 is 0 Å². The van der Waals surface area contributed by atoms with E-state index in [1.54, 1.807) is 12.1 Å². The Morgan fingerprint density at radius 1 is 1.21 bits per heavy atom. The van der Waals surface area contributed by atoms with Crippen molar-refractivity contribution in [1.82, 2.24) is 4.98 Å². The molecule has 19 heavy (non-hydrogen) atoms. The molecule has 0 aliphatic heterocycles. The number of hydrogen-bond donors (Lipinski definition) is 1. The first-order chi connectivity index (χ1) is 9.09. The first-order valence-electron chi connectivity index (χ1n) is 5.61. The van der Waals surface area contributed by atoms with Crippen molar-refractivity contribution in [1.29, 1.82) is 0 Å². The summed E-state index contributed by atoms with van der Waals surface area (Å²) >= 11 is 0. The predicted octanol–water partition coefficient (Wildman–Crippen LogP) is 1.38. The molecule has 0 unspecified atom stereocenters. The quantitative estimate of drug-likeness (QED) is 0.913. The van der Waals surface area contributed by atoms with Crippen LogP contribution in [0.1, 0.15) is 5.56 Å². The number of rotatable bonds is 4. The van der Waals surface area contributed by atoms with Crippen molar-refractivity contribution < 1.29 is 13.2 Å². The molecule has 0 spiro atoms. The fourth-order valence-corrected chi connectivity index (χ4v) is 3.18. The molecule has 1 aromatic heterocycles. The van der Waals surface area contributed by atoms with Crippen LogP contribution in [0, 0.1) is 0 Å². The van der Waals surface area contributed by atoms with Crippen LogP contribution in [0.15, 0.2) is 52.5 Å². The zero-order chi connectivity index (χ0) is 13.9. The van der Waals surface area contributed by atoms with Gasteiger partial charge in [-0.15, -0.1) is 0 Å². The Hall–Kier alpha value is -1.92. The summed E-state index contributed by atoms with van der Waals surface area (Å²) in [5, 5.41) is 0. The highest BCUT2D eigenvalue weighted by molar-refractivity contribution is 7.91. The van der Waals surface area contributed by atoms with Gasteiger partial charge >= 0.3 is 0 Å². The summed E-state index contributed by atoms with van der Waals surface area (Å²) in [7, 11) is -2.06. The summed E-state index contributed by atoms with van der Waals surface area (Å²) in [5.74, 6) is 0.604.